The van der Waals surface area contributed by atoms with Crippen molar-refractivity contribution < 1.29 is 4.79 Å². The van der Waals surface area contributed by atoms with Crippen molar-refractivity contribution in [1.29, 1.82) is 0 Å². The third kappa shape index (κ3) is 2.47. The van der Waals surface area contributed by atoms with Crippen molar-refractivity contribution in [3.8, 4) is 0 Å². The maximum Gasteiger partial charge on any atom is 0.222 e. The topological polar surface area (TPSA) is 46.3 Å². The molecule has 0 saturated carbocycles. The summed E-state index contributed by atoms with van der Waals surface area (Å²) in [5, 5.41) is 0.661. The fourth-order valence-corrected chi connectivity index (χ4v) is 2.14. The van der Waals surface area contributed by atoms with E-state index >= 15 is 0 Å². The van der Waals surface area contributed by atoms with Crippen LogP contribution in [0.15, 0.2) is 18.2 Å². The third-order valence-corrected chi connectivity index (χ3v) is 3.12. The first-order valence-corrected chi connectivity index (χ1v) is 5.86. The molecule has 1 fully saturated rings. The monoisotopic (exact) mass is 238 g/mol. The second kappa shape index (κ2) is 4.74. The van der Waals surface area contributed by atoms with Crippen LogP contribution >= 0.6 is 11.6 Å². The number of carbonyl (C=O) groups is 1. The molecule has 0 atom stereocenters. The van der Waals surface area contributed by atoms with Crippen LogP contribution in [0.1, 0.15) is 24.8 Å². The molecule has 86 valence electrons. The van der Waals surface area contributed by atoms with Crippen LogP contribution in [0.2, 0.25) is 5.02 Å². The minimum Gasteiger partial charge on any atom is -0.398 e. The minimum atomic E-state index is 0.214. The number of nitrogen functional groups attached to an aromatic ring is 1. The summed E-state index contributed by atoms with van der Waals surface area (Å²) in [5.74, 6) is 0.214. The maximum absolute atomic E-state index is 11.6. The average Bonchev–Trinajstić information content (AvgIpc) is 2.27. The lowest BCUT2D eigenvalue weighted by atomic mass is 10.1. The molecule has 2 N–H and O–H groups in total. The number of hydrogen-bond donors (Lipinski definition) is 1. The highest BCUT2D eigenvalue weighted by Gasteiger charge is 2.18. The van der Waals surface area contributed by atoms with E-state index in [1.807, 2.05) is 11.0 Å². The summed E-state index contributed by atoms with van der Waals surface area (Å²) >= 11 is 5.91. The van der Waals surface area contributed by atoms with Crippen LogP contribution < -0.4 is 5.73 Å². The van der Waals surface area contributed by atoms with E-state index in [9.17, 15) is 4.79 Å². The van der Waals surface area contributed by atoms with Gasteiger partial charge in [0.2, 0.25) is 5.91 Å². The van der Waals surface area contributed by atoms with Crippen LogP contribution in [-0.2, 0) is 11.3 Å². The van der Waals surface area contributed by atoms with E-state index in [4.69, 9.17) is 17.3 Å². The molecule has 3 nitrogen and oxygen atoms in total. The highest BCUT2D eigenvalue weighted by Crippen LogP contribution is 2.21. The van der Waals surface area contributed by atoms with Crippen molar-refractivity contribution in [2.75, 3.05) is 12.3 Å². The van der Waals surface area contributed by atoms with E-state index in [2.05, 4.69) is 0 Å². The van der Waals surface area contributed by atoms with Gasteiger partial charge >= 0.3 is 0 Å². The van der Waals surface area contributed by atoms with Gasteiger partial charge in [0.05, 0.1) is 0 Å². The summed E-state index contributed by atoms with van der Waals surface area (Å²) in [6.07, 6.45) is 2.73. The van der Waals surface area contributed by atoms with E-state index in [1.165, 1.54) is 0 Å². The highest BCUT2D eigenvalue weighted by atomic mass is 35.5. The molecule has 2 rings (SSSR count). The lowest BCUT2D eigenvalue weighted by Gasteiger charge is -2.27. The quantitative estimate of drug-likeness (QED) is 0.805. The van der Waals surface area contributed by atoms with Crippen molar-refractivity contribution in [3.63, 3.8) is 0 Å². The average molecular weight is 239 g/mol. The normalized spacial score (nSPS) is 16.6. The van der Waals surface area contributed by atoms with Gasteiger partial charge in [-0.3, -0.25) is 4.79 Å². The second-order valence-corrected chi connectivity index (χ2v) is 4.55. The molecule has 0 radical (unpaired) electrons. The molecule has 1 amide bonds. The molecule has 4 heteroatoms. The maximum atomic E-state index is 11.6. The first kappa shape index (κ1) is 11.3. The van der Waals surface area contributed by atoms with E-state index in [-0.39, 0.29) is 5.91 Å². The van der Waals surface area contributed by atoms with E-state index in [0.29, 0.717) is 23.7 Å². The second-order valence-electron chi connectivity index (χ2n) is 4.12. The molecule has 0 spiro atoms. The zero-order valence-electron chi connectivity index (χ0n) is 9.08. The zero-order chi connectivity index (χ0) is 11.5. The number of hydrogen-bond acceptors (Lipinski definition) is 2. The number of anilines is 1. The van der Waals surface area contributed by atoms with Gasteiger partial charge in [-0.15, -0.1) is 0 Å². The number of piperidine rings is 1. The van der Waals surface area contributed by atoms with E-state index < -0.39 is 0 Å². The summed E-state index contributed by atoms with van der Waals surface area (Å²) in [6, 6.07) is 5.38. The van der Waals surface area contributed by atoms with Crippen molar-refractivity contribution >= 4 is 23.2 Å². The summed E-state index contributed by atoms with van der Waals surface area (Å²) in [6.45, 7) is 1.40. The molecule has 0 bridgehead atoms. The Hall–Kier alpha value is -1.22. The summed E-state index contributed by atoms with van der Waals surface area (Å²) in [7, 11) is 0. The number of amides is 1. The summed E-state index contributed by atoms with van der Waals surface area (Å²) < 4.78 is 0. The van der Waals surface area contributed by atoms with Crippen molar-refractivity contribution in [2.45, 2.75) is 25.8 Å². The number of benzene rings is 1. The van der Waals surface area contributed by atoms with Gasteiger partial charge in [0, 0.05) is 30.2 Å². The molecule has 1 aromatic rings. The number of rotatable bonds is 2. The Morgan fingerprint density at radius 2 is 2.19 bits per heavy atom. The molecule has 0 aliphatic carbocycles. The van der Waals surface area contributed by atoms with Crippen molar-refractivity contribution in [2.24, 2.45) is 0 Å². The summed E-state index contributed by atoms with van der Waals surface area (Å²) in [5.41, 5.74) is 7.49. The van der Waals surface area contributed by atoms with Crippen molar-refractivity contribution in [3.05, 3.63) is 28.8 Å². The lowest BCUT2D eigenvalue weighted by molar-refractivity contribution is -0.133. The minimum absolute atomic E-state index is 0.214. The van der Waals surface area contributed by atoms with Crippen LogP contribution in [0.25, 0.3) is 0 Å². The summed E-state index contributed by atoms with van der Waals surface area (Å²) in [4.78, 5) is 13.5. The predicted molar refractivity (Wildman–Crippen MR) is 65.1 cm³/mol. The number of halogens is 1. The Morgan fingerprint density at radius 3 is 2.94 bits per heavy atom. The smallest absolute Gasteiger partial charge is 0.222 e. The molecule has 1 saturated heterocycles. The largest absolute Gasteiger partial charge is 0.398 e. The first-order chi connectivity index (χ1) is 7.66. The highest BCUT2D eigenvalue weighted by molar-refractivity contribution is 6.30. The van der Waals surface area contributed by atoms with Crippen LogP contribution in [0.3, 0.4) is 0 Å². The number of nitrogens with zero attached hydrogens (tertiary/aromatic N) is 1. The van der Waals surface area contributed by atoms with Crippen molar-refractivity contribution in [1.82, 2.24) is 4.90 Å². The van der Waals surface area contributed by atoms with Crippen LogP contribution in [0.4, 0.5) is 5.69 Å². The molecule has 1 aromatic carbocycles. The van der Waals surface area contributed by atoms with E-state index in [1.54, 1.807) is 12.1 Å². The predicted octanol–water partition coefficient (Wildman–Crippen LogP) is 2.43. The van der Waals surface area contributed by atoms with Gasteiger partial charge in [0.25, 0.3) is 0 Å². The fraction of sp³-hybridized carbons (Fsp3) is 0.417. The SMILES string of the molecule is Nc1ccc(Cl)cc1CN1CCCCC1=O. The molecule has 16 heavy (non-hydrogen) atoms. The molecular weight excluding hydrogens is 224 g/mol. The fourth-order valence-electron chi connectivity index (χ4n) is 1.95. The number of nitrogens with two attached hydrogens (primary N) is 1. The molecule has 1 heterocycles. The Kier molecular flexibility index (Phi) is 3.34. The van der Waals surface area contributed by atoms with Gasteiger partial charge in [-0.2, -0.15) is 0 Å². The zero-order valence-corrected chi connectivity index (χ0v) is 9.83. The molecular formula is C12H15ClN2O. The third-order valence-electron chi connectivity index (χ3n) is 2.89. The van der Waals surface area contributed by atoms with E-state index in [0.717, 1.165) is 24.9 Å². The van der Waals surface area contributed by atoms with Crippen LogP contribution in [0, 0.1) is 0 Å². The first-order valence-electron chi connectivity index (χ1n) is 5.48. The number of likely N-dealkylation sites (tertiary alicyclic amines) is 1. The standard InChI is InChI=1S/C12H15ClN2O/c13-10-4-5-11(14)9(7-10)8-15-6-2-1-3-12(15)16/h4-5,7H,1-3,6,8,14H2. The Bertz CT molecular complexity index is 406. The van der Waals surface area contributed by atoms with Crippen LogP contribution in [0.5, 0.6) is 0 Å². The van der Waals surface area contributed by atoms with Gasteiger partial charge in [-0.1, -0.05) is 11.6 Å². The number of carbonyl (C=O) groups excluding carboxylic acids is 1. The molecule has 1 aliphatic heterocycles. The van der Waals surface area contributed by atoms with Gasteiger partial charge in [0.1, 0.15) is 0 Å². The Labute approximate surface area is 100 Å². The molecule has 0 aromatic heterocycles. The van der Waals surface area contributed by atoms with Gasteiger partial charge in [-0.25, -0.2) is 0 Å². The Balaban J connectivity index is 2.13. The molecule has 1 aliphatic rings. The van der Waals surface area contributed by atoms with Crippen LogP contribution in [-0.4, -0.2) is 17.4 Å². The Morgan fingerprint density at radius 1 is 1.38 bits per heavy atom. The molecule has 0 unspecified atom stereocenters. The lowest BCUT2D eigenvalue weighted by Crippen LogP contribution is -2.34. The van der Waals surface area contributed by atoms with Gasteiger partial charge in [-0.05, 0) is 36.6 Å². The van der Waals surface area contributed by atoms with Gasteiger partial charge < -0.3 is 10.6 Å². The van der Waals surface area contributed by atoms with Gasteiger partial charge in [0.15, 0.2) is 0 Å².